The summed E-state index contributed by atoms with van der Waals surface area (Å²) in [5.41, 5.74) is 3.48. The van der Waals surface area contributed by atoms with Crippen LogP contribution in [-0.2, 0) is 20.9 Å². The highest BCUT2D eigenvalue weighted by Gasteiger charge is 2.24. The quantitative estimate of drug-likeness (QED) is 0.600. The lowest BCUT2D eigenvalue weighted by atomic mass is 9.88. The lowest BCUT2D eigenvalue weighted by molar-refractivity contribution is -0.145. The summed E-state index contributed by atoms with van der Waals surface area (Å²) in [6.45, 7) is 4.04. The molecule has 0 saturated heterocycles. The molecular weight excluding hydrogens is 356 g/mol. The van der Waals surface area contributed by atoms with Crippen molar-refractivity contribution in [2.75, 3.05) is 12.4 Å². The number of carbonyl (C=O) groups excluding carboxylic acids is 2. The van der Waals surface area contributed by atoms with E-state index in [-0.39, 0.29) is 24.4 Å². The highest BCUT2D eigenvalue weighted by molar-refractivity contribution is 5.92. The number of rotatable bonds is 6. The van der Waals surface area contributed by atoms with Gasteiger partial charge in [0.15, 0.2) is 0 Å². The Morgan fingerprint density at radius 3 is 2.57 bits per heavy atom. The number of anilines is 1. The highest BCUT2D eigenvalue weighted by atomic mass is 16.5. The van der Waals surface area contributed by atoms with E-state index >= 15 is 0 Å². The molecular formula is C22H24N2O4. The lowest BCUT2D eigenvalue weighted by Gasteiger charge is -2.17. The summed E-state index contributed by atoms with van der Waals surface area (Å²) in [7, 11) is 1.39. The Bertz CT molecular complexity index is 965. The van der Waals surface area contributed by atoms with Crippen LogP contribution < -0.4 is 5.32 Å². The Hall–Kier alpha value is -3.28. The van der Waals surface area contributed by atoms with Crippen molar-refractivity contribution in [3.05, 3.63) is 65.9 Å². The van der Waals surface area contributed by atoms with Crippen molar-refractivity contribution in [2.45, 2.75) is 26.4 Å². The van der Waals surface area contributed by atoms with Gasteiger partial charge in [-0.05, 0) is 35.2 Å². The number of fused-ring (bicyclic) bond motifs is 1. The molecule has 28 heavy (non-hydrogen) atoms. The van der Waals surface area contributed by atoms with Gasteiger partial charge < -0.3 is 14.5 Å². The highest BCUT2D eigenvalue weighted by Crippen LogP contribution is 2.32. The Morgan fingerprint density at radius 2 is 1.86 bits per heavy atom. The number of H-pyrrole nitrogens is 1. The number of amides is 1. The number of methoxy groups -OCH3 is 1. The second-order valence-corrected chi connectivity index (χ2v) is 6.79. The molecule has 0 aliphatic heterocycles. The van der Waals surface area contributed by atoms with Gasteiger partial charge in [0, 0.05) is 22.8 Å². The molecule has 2 unspecified atom stereocenters. The van der Waals surface area contributed by atoms with Crippen LogP contribution in [0.2, 0.25) is 0 Å². The molecule has 0 bridgehead atoms. The van der Waals surface area contributed by atoms with Crippen LogP contribution in [0, 0.1) is 5.92 Å². The number of ether oxygens (including phenoxy) is 2. The van der Waals surface area contributed by atoms with Gasteiger partial charge in [-0.25, -0.2) is 4.79 Å². The van der Waals surface area contributed by atoms with E-state index in [1.54, 1.807) is 6.07 Å². The number of carbonyl (C=O) groups is 2. The van der Waals surface area contributed by atoms with Crippen LogP contribution in [-0.4, -0.2) is 24.2 Å². The number of hydrogen-bond donors (Lipinski definition) is 2. The molecule has 1 amide bonds. The van der Waals surface area contributed by atoms with Gasteiger partial charge in [0.1, 0.15) is 6.61 Å². The number of nitrogens with one attached hydrogen (secondary N) is 2. The van der Waals surface area contributed by atoms with Gasteiger partial charge in [0.05, 0.1) is 13.0 Å². The van der Waals surface area contributed by atoms with Gasteiger partial charge in [-0.2, -0.15) is 0 Å². The minimum Gasteiger partial charge on any atom is -0.469 e. The zero-order valence-electron chi connectivity index (χ0n) is 16.2. The summed E-state index contributed by atoms with van der Waals surface area (Å²) in [6, 6.07) is 15.1. The van der Waals surface area contributed by atoms with E-state index in [0.29, 0.717) is 5.69 Å². The average Bonchev–Trinajstić information content (AvgIpc) is 3.14. The molecule has 0 fully saturated rings. The Morgan fingerprint density at radius 1 is 1.11 bits per heavy atom. The molecule has 2 aromatic carbocycles. The molecule has 6 heteroatoms. The van der Waals surface area contributed by atoms with Gasteiger partial charge in [-0.15, -0.1) is 0 Å². The maximum Gasteiger partial charge on any atom is 0.411 e. The van der Waals surface area contributed by atoms with Crippen LogP contribution in [0.4, 0.5) is 10.5 Å². The Labute approximate surface area is 163 Å². The normalized spacial score (nSPS) is 13.0. The first-order chi connectivity index (χ1) is 13.5. The summed E-state index contributed by atoms with van der Waals surface area (Å²) in [4.78, 5) is 27.2. The van der Waals surface area contributed by atoms with Gasteiger partial charge in [0.2, 0.25) is 0 Å². The summed E-state index contributed by atoms with van der Waals surface area (Å²) in [5, 5.41) is 3.70. The van der Waals surface area contributed by atoms with Gasteiger partial charge >= 0.3 is 12.1 Å². The van der Waals surface area contributed by atoms with Crippen LogP contribution in [0.3, 0.4) is 0 Å². The second-order valence-electron chi connectivity index (χ2n) is 6.79. The fourth-order valence-electron chi connectivity index (χ4n) is 3.13. The first-order valence-corrected chi connectivity index (χ1v) is 9.16. The average molecular weight is 380 g/mol. The summed E-state index contributed by atoms with van der Waals surface area (Å²) >= 11 is 0. The van der Waals surface area contributed by atoms with E-state index in [1.807, 2.05) is 62.5 Å². The number of esters is 1. The lowest BCUT2D eigenvalue weighted by Crippen LogP contribution is -2.18. The van der Waals surface area contributed by atoms with E-state index in [9.17, 15) is 9.59 Å². The van der Waals surface area contributed by atoms with Crippen LogP contribution >= 0.6 is 0 Å². The predicted molar refractivity (Wildman–Crippen MR) is 108 cm³/mol. The van der Waals surface area contributed by atoms with Crippen molar-refractivity contribution in [3.8, 4) is 0 Å². The third-order valence-electron chi connectivity index (χ3n) is 4.99. The summed E-state index contributed by atoms with van der Waals surface area (Å²) in [6.07, 6.45) is 1.38. The van der Waals surface area contributed by atoms with Crippen molar-refractivity contribution in [3.63, 3.8) is 0 Å². The predicted octanol–water partition coefficient (Wildman–Crippen LogP) is 4.83. The van der Waals surface area contributed by atoms with Crippen LogP contribution in [0.15, 0.2) is 54.7 Å². The minimum absolute atomic E-state index is 0.0403. The molecule has 6 nitrogen and oxygen atoms in total. The molecule has 146 valence electrons. The monoisotopic (exact) mass is 380 g/mol. The topological polar surface area (TPSA) is 80.4 Å². The van der Waals surface area contributed by atoms with Crippen molar-refractivity contribution in [2.24, 2.45) is 5.92 Å². The first kappa shape index (κ1) is 19.5. The van der Waals surface area contributed by atoms with Gasteiger partial charge in [-0.1, -0.05) is 44.2 Å². The molecule has 0 radical (unpaired) electrons. The van der Waals surface area contributed by atoms with Gasteiger partial charge in [0.25, 0.3) is 0 Å². The maximum absolute atomic E-state index is 12.1. The largest absolute Gasteiger partial charge is 0.469 e. The fourth-order valence-corrected chi connectivity index (χ4v) is 3.13. The zero-order chi connectivity index (χ0) is 20.1. The van der Waals surface area contributed by atoms with Crippen molar-refractivity contribution in [1.29, 1.82) is 0 Å². The van der Waals surface area contributed by atoms with Crippen molar-refractivity contribution < 1.29 is 19.1 Å². The third kappa shape index (κ3) is 4.34. The van der Waals surface area contributed by atoms with E-state index in [2.05, 4.69) is 10.3 Å². The molecule has 2 N–H and O–H groups in total. The summed E-state index contributed by atoms with van der Waals surface area (Å²) < 4.78 is 10.1. The standard InChI is InChI=1S/C22H24N2O4/c1-14(15(2)21(25)27-3)19-12-23-20-10-9-17(11-18(19)20)24-22(26)28-13-16-7-5-4-6-8-16/h4-12,14-15,23H,13H2,1-3H3,(H,24,26). The van der Waals surface area contributed by atoms with E-state index in [4.69, 9.17) is 9.47 Å². The smallest absolute Gasteiger partial charge is 0.411 e. The molecule has 0 saturated carbocycles. The molecule has 1 aromatic heterocycles. The number of benzene rings is 2. The summed E-state index contributed by atoms with van der Waals surface area (Å²) in [5.74, 6) is -0.571. The molecule has 0 aliphatic carbocycles. The fraction of sp³-hybridized carbons (Fsp3) is 0.273. The SMILES string of the molecule is COC(=O)C(C)C(C)c1c[nH]c2ccc(NC(=O)OCc3ccccc3)cc12. The Kier molecular flexibility index (Phi) is 5.99. The van der Waals surface area contributed by atoms with Crippen LogP contribution in [0.5, 0.6) is 0 Å². The first-order valence-electron chi connectivity index (χ1n) is 9.16. The van der Waals surface area contributed by atoms with Crippen LogP contribution in [0.25, 0.3) is 10.9 Å². The van der Waals surface area contributed by atoms with Crippen molar-refractivity contribution >= 4 is 28.7 Å². The minimum atomic E-state index is -0.517. The second kappa shape index (κ2) is 8.61. The maximum atomic E-state index is 12.1. The van der Waals surface area contributed by atoms with Crippen molar-refractivity contribution in [1.82, 2.24) is 4.98 Å². The molecule has 3 aromatic rings. The molecule has 0 spiro atoms. The number of aromatic nitrogens is 1. The molecule has 0 aliphatic rings. The molecule has 1 heterocycles. The zero-order valence-corrected chi connectivity index (χ0v) is 16.2. The number of hydrogen-bond acceptors (Lipinski definition) is 4. The third-order valence-corrected chi connectivity index (χ3v) is 4.99. The van der Waals surface area contributed by atoms with E-state index < -0.39 is 6.09 Å². The van der Waals surface area contributed by atoms with Crippen LogP contribution in [0.1, 0.15) is 30.9 Å². The van der Waals surface area contributed by atoms with E-state index in [1.165, 1.54) is 7.11 Å². The number of aromatic amines is 1. The van der Waals surface area contributed by atoms with E-state index in [0.717, 1.165) is 22.0 Å². The molecule has 3 rings (SSSR count). The Balaban J connectivity index is 1.72. The molecule has 2 atom stereocenters. The van der Waals surface area contributed by atoms with Gasteiger partial charge in [-0.3, -0.25) is 10.1 Å².